The zero-order chi connectivity index (χ0) is 15.5. The van der Waals surface area contributed by atoms with Gasteiger partial charge in [0.25, 0.3) is 0 Å². The topological polar surface area (TPSA) is 224 Å². The Morgan fingerprint density at radius 2 is 0.400 bits per heavy atom. The SMILES string of the molecule is O=C(O)C(=O)O.O=C(O)C(=O)O.O=C(O)C(=O)O.[Ho].[Ho]. The van der Waals surface area contributed by atoms with E-state index in [1.807, 2.05) is 0 Å². The van der Waals surface area contributed by atoms with E-state index in [0.717, 1.165) is 0 Å². The molecule has 2 radical (unpaired) electrons. The molecule has 0 heterocycles. The van der Waals surface area contributed by atoms with E-state index in [9.17, 15) is 0 Å². The van der Waals surface area contributed by atoms with Crippen molar-refractivity contribution < 1.29 is 135 Å². The van der Waals surface area contributed by atoms with Gasteiger partial charge in [-0.3, -0.25) is 0 Å². The molecule has 124 valence electrons. The first kappa shape index (κ1) is 31.6. The van der Waals surface area contributed by atoms with Crippen LogP contribution in [0.2, 0.25) is 0 Å². The minimum atomic E-state index is -1.82. The summed E-state index contributed by atoms with van der Waals surface area (Å²) in [6.07, 6.45) is 0. The average molecular weight is 600 g/mol. The van der Waals surface area contributed by atoms with Crippen molar-refractivity contribution in [1.82, 2.24) is 0 Å². The molecule has 0 fully saturated rings. The maximum atomic E-state index is 9.10. The second kappa shape index (κ2) is 18.3. The van der Waals surface area contributed by atoms with Crippen LogP contribution in [-0.4, -0.2) is 66.5 Å². The Bertz CT molecular complexity index is 281. The molecule has 0 bridgehead atoms. The number of hydrogen-bond donors (Lipinski definition) is 6. The summed E-state index contributed by atoms with van der Waals surface area (Å²) in [5, 5.41) is 44.3. The van der Waals surface area contributed by atoms with Crippen molar-refractivity contribution in [3.05, 3.63) is 0 Å². The quantitative estimate of drug-likeness (QED) is 0.125. The normalized spacial score (nSPS) is 6.60. The molecule has 0 aromatic rings. The summed E-state index contributed by atoms with van der Waals surface area (Å²) in [6, 6.07) is 0. The van der Waals surface area contributed by atoms with Crippen LogP contribution in [0.4, 0.5) is 0 Å². The molecule has 0 rings (SSSR count). The Morgan fingerprint density at radius 1 is 0.350 bits per heavy atom. The number of rotatable bonds is 0. The van der Waals surface area contributed by atoms with Crippen molar-refractivity contribution >= 4 is 35.8 Å². The fourth-order valence-electron chi connectivity index (χ4n) is 0. The Labute approximate surface area is 169 Å². The molecule has 0 unspecified atom stereocenters. The van der Waals surface area contributed by atoms with E-state index in [2.05, 4.69) is 0 Å². The number of carboxylic acids is 6. The van der Waals surface area contributed by atoms with Gasteiger partial charge in [0.2, 0.25) is 0 Å². The van der Waals surface area contributed by atoms with Gasteiger partial charge in [-0.05, 0) is 0 Å². The standard InChI is InChI=1S/3C2H2O4.2Ho/c3*3-1(4)2(5)6;;/h3*(H,3,4)(H,5,6);;. The summed E-state index contributed by atoms with van der Waals surface area (Å²) in [5.41, 5.74) is 0. The second-order valence-corrected chi connectivity index (χ2v) is 1.83. The zero-order valence-electron chi connectivity index (χ0n) is 8.74. The predicted molar refractivity (Wildman–Crippen MR) is 45.8 cm³/mol. The van der Waals surface area contributed by atoms with Crippen molar-refractivity contribution in [1.29, 1.82) is 0 Å². The molecule has 20 heavy (non-hydrogen) atoms. The molecule has 0 amide bonds. The second-order valence-electron chi connectivity index (χ2n) is 1.83. The van der Waals surface area contributed by atoms with Crippen LogP contribution in [0.15, 0.2) is 0 Å². The van der Waals surface area contributed by atoms with Crippen molar-refractivity contribution in [2.75, 3.05) is 0 Å². The largest absolute Gasteiger partial charge is 0.473 e. The third kappa shape index (κ3) is 36.0. The minimum absolute atomic E-state index is 0. The first-order chi connectivity index (χ1) is 7.93. The van der Waals surface area contributed by atoms with Crippen LogP contribution in [0, 0.1) is 75.5 Å². The number of carboxylic acid groups (broad SMARTS) is 6. The van der Waals surface area contributed by atoms with Crippen LogP contribution in [0.5, 0.6) is 0 Å². The van der Waals surface area contributed by atoms with E-state index in [1.165, 1.54) is 0 Å². The van der Waals surface area contributed by atoms with E-state index < -0.39 is 35.8 Å². The van der Waals surface area contributed by atoms with Crippen LogP contribution < -0.4 is 0 Å². The number of hydrogen-bond acceptors (Lipinski definition) is 6. The van der Waals surface area contributed by atoms with Gasteiger partial charge in [-0.25, -0.2) is 28.8 Å². The molecule has 0 aliphatic rings. The Hall–Kier alpha value is -0.661. The van der Waals surface area contributed by atoms with Gasteiger partial charge in [0.05, 0.1) is 0 Å². The Morgan fingerprint density at radius 3 is 0.400 bits per heavy atom. The monoisotopic (exact) mass is 600 g/mol. The molecule has 0 atom stereocenters. The summed E-state index contributed by atoms with van der Waals surface area (Å²) in [4.78, 5) is 54.6. The third-order valence-corrected chi connectivity index (χ3v) is 0.549. The van der Waals surface area contributed by atoms with E-state index >= 15 is 0 Å². The fourth-order valence-corrected chi connectivity index (χ4v) is 0. The summed E-state index contributed by atoms with van der Waals surface area (Å²) in [7, 11) is 0. The minimum Gasteiger partial charge on any atom is -0.473 e. The first-order valence-electron chi connectivity index (χ1n) is 3.32. The smallest absolute Gasteiger partial charge is 0.414 e. The Kier molecular flexibility index (Phi) is 29.0. The summed E-state index contributed by atoms with van der Waals surface area (Å²) in [6.45, 7) is 0. The predicted octanol–water partition coefficient (Wildman–Crippen LogP) is -2.53. The molecule has 0 saturated carbocycles. The molecule has 12 nitrogen and oxygen atoms in total. The number of aliphatic carboxylic acids is 6. The van der Waals surface area contributed by atoms with Gasteiger partial charge in [0.1, 0.15) is 0 Å². The van der Waals surface area contributed by atoms with Crippen molar-refractivity contribution in [3.63, 3.8) is 0 Å². The first-order valence-corrected chi connectivity index (χ1v) is 3.32. The maximum absolute atomic E-state index is 9.10. The molecule has 0 aromatic heterocycles. The van der Waals surface area contributed by atoms with Gasteiger partial charge in [-0.2, -0.15) is 0 Å². The molecule has 14 heteroatoms. The van der Waals surface area contributed by atoms with E-state index in [-0.39, 0.29) is 75.5 Å². The number of carbonyl (C=O) groups is 6. The molecule has 0 spiro atoms. The summed E-state index contributed by atoms with van der Waals surface area (Å²) < 4.78 is 0. The van der Waals surface area contributed by atoms with Crippen LogP contribution in [0.1, 0.15) is 0 Å². The molecular formula is C6H6Ho2O12. The Balaban J connectivity index is -0.0000000536. The molecule has 0 aromatic carbocycles. The van der Waals surface area contributed by atoms with E-state index in [4.69, 9.17) is 59.4 Å². The third-order valence-electron chi connectivity index (χ3n) is 0.549. The van der Waals surface area contributed by atoms with E-state index in [1.54, 1.807) is 0 Å². The van der Waals surface area contributed by atoms with Gasteiger partial charge < -0.3 is 30.6 Å². The van der Waals surface area contributed by atoms with Crippen molar-refractivity contribution in [2.24, 2.45) is 0 Å². The zero-order valence-corrected chi connectivity index (χ0v) is 12.6. The molecule has 6 N–H and O–H groups in total. The summed E-state index contributed by atoms with van der Waals surface area (Å²) >= 11 is 0. The van der Waals surface area contributed by atoms with E-state index in [0.29, 0.717) is 0 Å². The van der Waals surface area contributed by atoms with Crippen LogP contribution in [-0.2, 0) is 28.8 Å². The van der Waals surface area contributed by atoms with Crippen LogP contribution >= 0.6 is 0 Å². The van der Waals surface area contributed by atoms with Gasteiger partial charge in [-0.15, -0.1) is 0 Å². The molecule has 0 aliphatic carbocycles. The average Bonchev–Trinajstić information content (AvgIpc) is 2.18. The molecule has 0 saturated heterocycles. The van der Waals surface area contributed by atoms with Gasteiger partial charge in [-0.1, -0.05) is 0 Å². The van der Waals surface area contributed by atoms with Gasteiger partial charge in [0, 0.05) is 75.5 Å². The van der Waals surface area contributed by atoms with Gasteiger partial charge in [0.15, 0.2) is 0 Å². The fraction of sp³-hybridized carbons (Fsp3) is 0. The molecule has 0 aliphatic heterocycles. The van der Waals surface area contributed by atoms with Crippen LogP contribution in [0.25, 0.3) is 0 Å². The molecular weight excluding hydrogens is 594 g/mol. The maximum Gasteiger partial charge on any atom is 0.414 e. The van der Waals surface area contributed by atoms with Gasteiger partial charge >= 0.3 is 35.8 Å². The van der Waals surface area contributed by atoms with Crippen molar-refractivity contribution in [2.45, 2.75) is 0 Å². The van der Waals surface area contributed by atoms with Crippen LogP contribution in [0.3, 0.4) is 0 Å². The summed E-state index contributed by atoms with van der Waals surface area (Å²) in [5.74, 6) is -10.9. The van der Waals surface area contributed by atoms with Crippen molar-refractivity contribution in [3.8, 4) is 0 Å².